The fourth-order valence-corrected chi connectivity index (χ4v) is 1.22. The van der Waals surface area contributed by atoms with Crippen molar-refractivity contribution in [3.63, 3.8) is 0 Å². The molecule has 0 atom stereocenters. The molecule has 1 saturated carbocycles. The molecule has 0 radical (unpaired) electrons. The number of alkyl halides is 3. The molecule has 0 unspecified atom stereocenters. The summed E-state index contributed by atoms with van der Waals surface area (Å²) in [4.78, 5) is 22.5. The Morgan fingerprint density at radius 3 is 2.35 bits per heavy atom. The first-order valence-corrected chi connectivity index (χ1v) is 5.09. The van der Waals surface area contributed by atoms with E-state index in [4.69, 9.17) is 4.74 Å². The molecule has 0 heterocycles. The van der Waals surface area contributed by atoms with Gasteiger partial charge in [0, 0.05) is 0 Å². The maximum Gasteiger partial charge on any atom is 0.405 e. The van der Waals surface area contributed by atoms with E-state index in [0.29, 0.717) is 12.8 Å². The van der Waals surface area contributed by atoms with Crippen molar-refractivity contribution < 1.29 is 27.5 Å². The minimum atomic E-state index is -4.47. The van der Waals surface area contributed by atoms with E-state index >= 15 is 0 Å². The van der Waals surface area contributed by atoms with Crippen molar-refractivity contribution in [3.8, 4) is 0 Å². The van der Waals surface area contributed by atoms with Crippen LogP contribution in [0.5, 0.6) is 0 Å². The number of hydrogen-bond donors (Lipinski definition) is 2. The summed E-state index contributed by atoms with van der Waals surface area (Å²) >= 11 is 0. The van der Waals surface area contributed by atoms with Gasteiger partial charge in [0.05, 0.1) is 6.61 Å². The number of hydrogen-bond acceptors (Lipinski definition) is 3. The number of esters is 1. The SMILES string of the molecule is CCOC(=O)C1(NC(=O)NCC(F)(F)F)CC1. The fourth-order valence-electron chi connectivity index (χ4n) is 1.22. The minimum Gasteiger partial charge on any atom is -0.464 e. The molecule has 0 aromatic carbocycles. The van der Waals surface area contributed by atoms with Gasteiger partial charge in [0.2, 0.25) is 0 Å². The number of halogens is 3. The topological polar surface area (TPSA) is 67.4 Å². The molecule has 0 bridgehead atoms. The molecule has 0 saturated heterocycles. The predicted octanol–water partition coefficient (Wildman–Crippen LogP) is 0.944. The van der Waals surface area contributed by atoms with Crippen LogP contribution in [0.4, 0.5) is 18.0 Å². The Morgan fingerprint density at radius 2 is 1.94 bits per heavy atom. The molecule has 0 aromatic rings. The molecule has 2 N–H and O–H groups in total. The second-order valence-electron chi connectivity index (χ2n) is 3.73. The van der Waals surface area contributed by atoms with Gasteiger partial charge in [0.1, 0.15) is 12.1 Å². The molecule has 17 heavy (non-hydrogen) atoms. The van der Waals surface area contributed by atoms with Gasteiger partial charge >= 0.3 is 18.2 Å². The lowest BCUT2D eigenvalue weighted by atomic mass is 10.3. The highest BCUT2D eigenvalue weighted by Gasteiger charge is 2.52. The van der Waals surface area contributed by atoms with Crippen molar-refractivity contribution in [2.45, 2.75) is 31.5 Å². The Morgan fingerprint density at radius 1 is 1.35 bits per heavy atom. The first kappa shape index (κ1) is 13.6. The molecule has 1 rings (SSSR count). The van der Waals surface area contributed by atoms with Crippen LogP contribution in [0.15, 0.2) is 0 Å². The predicted molar refractivity (Wildman–Crippen MR) is 51.2 cm³/mol. The van der Waals surface area contributed by atoms with Gasteiger partial charge in [0.15, 0.2) is 0 Å². The first-order chi connectivity index (χ1) is 7.79. The molecular weight excluding hydrogens is 241 g/mol. The summed E-state index contributed by atoms with van der Waals surface area (Å²) in [6.45, 7) is 0.335. The van der Waals surface area contributed by atoms with Crippen molar-refractivity contribution >= 4 is 12.0 Å². The fraction of sp³-hybridized carbons (Fsp3) is 0.778. The zero-order valence-corrected chi connectivity index (χ0v) is 9.19. The molecule has 8 heteroatoms. The highest BCUT2D eigenvalue weighted by atomic mass is 19.4. The summed E-state index contributed by atoms with van der Waals surface area (Å²) in [5.41, 5.74) is -1.13. The molecule has 1 fully saturated rings. The average molecular weight is 254 g/mol. The second-order valence-corrected chi connectivity index (χ2v) is 3.73. The second kappa shape index (κ2) is 4.80. The van der Waals surface area contributed by atoms with Crippen LogP contribution in [0.2, 0.25) is 0 Å². The Bertz CT molecular complexity index is 313. The van der Waals surface area contributed by atoms with Crippen molar-refractivity contribution in [1.82, 2.24) is 10.6 Å². The van der Waals surface area contributed by atoms with Gasteiger partial charge in [-0.15, -0.1) is 0 Å². The quantitative estimate of drug-likeness (QED) is 0.734. The Hall–Kier alpha value is -1.47. The van der Waals surface area contributed by atoms with Gasteiger partial charge in [-0.05, 0) is 19.8 Å². The lowest BCUT2D eigenvalue weighted by molar-refractivity contribution is -0.146. The van der Waals surface area contributed by atoms with Crippen molar-refractivity contribution in [3.05, 3.63) is 0 Å². The summed E-state index contributed by atoms with van der Waals surface area (Å²) < 4.78 is 40.1. The third kappa shape index (κ3) is 4.12. The molecule has 5 nitrogen and oxygen atoms in total. The maximum absolute atomic E-state index is 11.8. The first-order valence-electron chi connectivity index (χ1n) is 5.09. The van der Waals surface area contributed by atoms with E-state index in [1.165, 1.54) is 0 Å². The number of nitrogens with one attached hydrogen (secondary N) is 2. The van der Waals surface area contributed by atoms with Gasteiger partial charge in [-0.2, -0.15) is 13.2 Å². The van der Waals surface area contributed by atoms with Crippen LogP contribution in [-0.2, 0) is 9.53 Å². The monoisotopic (exact) mass is 254 g/mol. The van der Waals surface area contributed by atoms with E-state index in [2.05, 4.69) is 5.32 Å². The molecule has 1 aliphatic rings. The van der Waals surface area contributed by atoms with E-state index in [1.54, 1.807) is 12.2 Å². The molecule has 0 aromatic heterocycles. The number of urea groups is 1. The highest BCUT2D eigenvalue weighted by molar-refractivity contribution is 5.90. The summed E-state index contributed by atoms with van der Waals surface area (Å²) in [6, 6.07) is -1.02. The van der Waals surface area contributed by atoms with Crippen LogP contribution in [0.25, 0.3) is 0 Å². The number of rotatable bonds is 4. The largest absolute Gasteiger partial charge is 0.464 e. The normalized spacial score (nSPS) is 17.2. The summed E-state index contributed by atoms with van der Waals surface area (Å²) in [5, 5.41) is 3.83. The number of ether oxygens (including phenoxy) is 1. The summed E-state index contributed by atoms with van der Waals surface area (Å²) in [5.74, 6) is -0.609. The molecule has 98 valence electrons. The Kier molecular flexibility index (Phi) is 3.84. The van der Waals surface area contributed by atoms with Crippen molar-refractivity contribution in [1.29, 1.82) is 0 Å². The third-order valence-electron chi connectivity index (χ3n) is 2.22. The molecular formula is C9H13F3N2O3. The van der Waals surface area contributed by atoms with E-state index in [9.17, 15) is 22.8 Å². The molecule has 0 spiro atoms. The van der Waals surface area contributed by atoms with Crippen LogP contribution in [0.1, 0.15) is 19.8 Å². The van der Waals surface area contributed by atoms with Gasteiger partial charge in [-0.1, -0.05) is 0 Å². The van der Waals surface area contributed by atoms with Gasteiger partial charge in [0.25, 0.3) is 0 Å². The van der Waals surface area contributed by atoms with Gasteiger partial charge < -0.3 is 15.4 Å². The Labute approximate surface area is 95.7 Å². The van der Waals surface area contributed by atoms with E-state index in [1.807, 2.05) is 0 Å². The van der Waals surface area contributed by atoms with Gasteiger partial charge in [-0.3, -0.25) is 0 Å². The maximum atomic E-state index is 11.8. The van der Waals surface area contributed by atoms with Crippen LogP contribution < -0.4 is 10.6 Å². The Balaban J connectivity index is 2.38. The third-order valence-corrected chi connectivity index (χ3v) is 2.22. The standard InChI is InChI=1S/C9H13F3N2O3/c1-2-17-6(15)8(3-4-8)14-7(16)13-5-9(10,11)12/h2-5H2,1H3,(H2,13,14,16). The number of carbonyl (C=O) groups excluding carboxylic acids is 2. The van der Waals surface area contributed by atoms with Gasteiger partial charge in [-0.25, -0.2) is 9.59 Å². The van der Waals surface area contributed by atoms with E-state index in [-0.39, 0.29) is 6.61 Å². The zero-order chi connectivity index (χ0) is 13.1. The minimum absolute atomic E-state index is 0.159. The number of carbonyl (C=O) groups is 2. The lowest BCUT2D eigenvalue weighted by Crippen LogP contribution is -2.50. The van der Waals surface area contributed by atoms with E-state index in [0.717, 1.165) is 0 Å². The smallest absolute Gasteiger partial charge is 0.405 e. The van der Waals surface area contributed by atoms with Crippen LogP contribution in [0, 0.1) is 0 Å². The van der Waals surface area contributed by atoms with Crippen molar-refractivity contribution in [2.24, 2.45) is 0 Å². The van der Waals surface area contributed by atoms with Crippen LogP contribution >= 0.6 is 0 Å². The summed E-state index contributed by atoms with van der Waals surface area (Å²) in [6.07, 6.45) is -3.71. The highest BCUT2D eigenvalue weighted by Crippen LogP contribution is 2.36. The number of amides is 2. The summed E-state index contributed by atoms with van der Waals surface area (Å²) in [7, 11) is 0. The lowest BCUT2D eigenvalue weighted by Gasteiger charge is -2.16. The molecule has 2 amide bonds. The zero-order valence-electron chi connectivity index (χ0n) is 9.19. The van der Waals surface area contributed by atoms with E-state index < -0.39 is 30.3 Å². The average Bonchev–Trinajstić information content (AvgIpc) is 2.95. The molecule has 0 aliphatic heterocycles. The van der Waals surface area contributed by atoms with Crippen LogP contribution in [0.3, 0.4) is 0 Å². The molecule has 1 aliphatic carbocycles. The van der Waals surface area contributed by atoms with Crippen LogP contribution in [-0.4, -0.2) is 36.9 Å². The van der Waals surface area contributed by atoms with Crippen molar-refractivity contribution in [2.75, 3.05) is 13.2 Å².